The van der Waals surface area contributed by atoms with Crippen LogP contribution in [0, 0.1) is 0 Å². The summed E-state index contributed by atoms with van der Waals surface area (Å²) < 4.78 is 0. The molecule has 7 heteroatoms. The van der Waals surface area contributed by atoms with Crippen molar-refractivity contribution in [2.24, 2.45) is 9.98 Å². The predicted octanol–water partition coefficient (Wildman–Crippen LogP) is -4.41. The van der Waals surface area contributed by atoms with Crippen molar-refractivity contribution in [3.05, 3.63) is 29.6 Å². The summed E-state index contributed by atoms with van der Waals surface area (Å²) >= 11 is 0. The van der Waals surface area contributed by atoms with E-state index in [9.17, 15) is 0 Å². The molecule has 1 aromatic rings. The summed E-state index contributed by atoms with van der Waals surface area (Å²) in [6.07, 6.45) is 16.9. The van der Waals surface area contributed by atoms with Gasteiger partial charge < -0.3 is 37.2 Å². The SMILES string of the molecule is C(=NC1CCCCC1)c1cccc(C=NC2CCCCC2)n1.[Cl-].[Cl-].[Cl-].[Fe+3]. The molecular formula is C19H27Cl3FeN3. The normalized spacial score (nSPS) is 18.5. The van der Waals surface area contributed by atoms with Gasteiger partial charge in [-0.1, -0.05) is 44.6 Å². The number of hydrogen-bond acceptors (Lipinski definition) is 3. The Balaban J connectivity index is 0. The van der Waals surface area contributed by atoms with E-state index < -0.39 is 0 Å². The molecule has 147 valence electrons. The standard InChI is InChI=1S/C19H27N3.3ClH.Fe/c1-3-8-16(9-4-1)20-14-18-12-7-13-19(22-18)15-21-17-10-5-2-6-11-17;;;;/h7,12-17H,1-6,8-11H2;3*1H;/q;;;;+3/p-3. The number of pyridine rings is 1. The summed E-state index contributed by atoms with van der Waals surface area (Å²) in [6, 6.07) is 7.14. The van der Waals surface area contributed by atoms with E-state index in [-0.39, 0.29) is 54.3 Å². The van der Waals surface area contributed by atoms with Gasteiger partial charge in [-0.25, -0.2) is 4.98 Å². The monoisotopic (exact) mass is 458 g/mol. The molecule has 0 amide bonds. The van der Waals surface area contributed by atoms with Gasteiger partial charge in [-0.3, -0.25) is 9.98 Å². The Morgan fingerprint density at radius 3 is 1.46 bits per heavy atom. The Labute approximate surface area is 187 Å². The molecule has 0 N–H and O–H groups in total. The number of aromatic nitrogens is 1. The van der Waals surface area contributed by atoms with Crippen LogP contribution >= 0.6 is 0 Å². The Kier molecular flexibility index (Phi) is 17.2. The fraction of sp³-hybridized carbons (Fsp3) is 0.632. The fourth-order valence-electron chi connectivity index (χ4n) is 3.44. The zero-order chi connectivity index (χ0) is 15.0. The van der Waals surface area contributed by atoms with Crippen molar-refractivity contribution in [3.8, 4) is 0 Å². The van der Waals surface area contributed by atoms with Crippen LogP contribution in [0.4, 0.5) is 0 Å². The molecule has 0 aromatic carbocycles. The van der Waals surface area contributed by atoms with Crippen LogP contribution in [0.1, 0.15) is 75.6 Å². The van der Waals surface area contributed by atoms with Gasteiger partial charge >= 0.3 is 17.1 Å². The Hall–Kier alpha value is -0.121. The van der Waals surface area contributed by atoms with E-state index in [0.717, 1.165) is 11.4 Å². The van der Waals surface area contributed by atoms with Crippen LogP contribution in [0.25, 0.3) is 0 Å². The van der Waals surface area contributed by atoms with E-state index >= 15 is 0 Å². The largest absolute Gasteiger partial charge is 3.00 e. The molecule has 3 nitrogen and oxygen atoms in total. The third kappa shape index (κ3) is 9.71. The molecule has 0 unspecified atom stereocenters. The van der Waals surface area contributed by atoms with Crippen LogP contribution in [-0.4, -0.2) is 29.5 Å². The van der Waals surface area contributed by atoms with Crippen molar-refractivity contribution in [1.82, 2.24) is 4.98 Å². The van der Waals surface area contributed by atoms with Gasteiger partial charge in [-0.05, 0) is 37.8 Å². The molecule has 1 aromatic heterocycles. The van der Waals surface area contributed by atoms with Crippen molar-refractivity contribution in [2.45, 2.75) is 76.3 Å². The van der Waals surface area contributed by atoms with Gasteiger partial charge in [0.2, 0.25) is 0 Å². The van der Waals surface area contributed by atoms with Gasteiger partial charge in [0.1, 0.15) is 0 Å². The molecule has 0 aliphatic heterocycles. The maximum absolute atomic E-state index is 4.71. The molecule has 2 aliphatic rings. The van der Waals surface area contributed by atoms with Gasteiger partial charge in [0, 0.05) is 12.4 Å². The molecule has 3 rings (SSSR count). The van der Waals surface area contributed by atoms with E-state index in [1.807, 2.05) is 24.6 Å². The summed E-state index contributed by atoms with van der Waals surface area (Å²) in [4.78, 5) is 14.1. The Morgan fingerprint density at radius 2 is 1.08 bits per heavy atom. The predicted molar refractivity (Wildman–Crippen MR) is 93.2 cm³/mol. The second-order valence-corrected chi connectivity index (χ2v) is 6.63. The Morgan fingerprint density at radius 1 is 0.692 bits per heavy atom. The van der Waals surface area contributed by atoms with Crippen LogP contribution in [-0.2, 0) is 17.1 Å². The molecule has 0 spiro atoms. The van der Waals surface area contributed by atoms with E-state index in [1.165, 1.54) is 64.2 Å². The number of rotatable bonds is 4. The van der Waals surface area contributed by atoms with Crippen molar-refractivity contribution in [3.63, 3.8) is 0 Å². The Bertz CT molecular complexity index is 485. The van der Waals surface area contributed by atoms with Gasteiger partial charge in [0.05, 0.1) is 23.5 Å². The summed E-state index contributed by atoms with van der Waals surface area (Å²) in [7, 11) is 0. The molecule has 1 radical (unpaired) electrons. The molecule has 0 bridgehead atoms. The molecule has 0 saturated heterocycles. The summed E-state index contributed by atoms with van der Waals surface area (Å²) in [5.74, 6) is 0. The van der Waals surface area contributed by atoms with Gasteiger partial charge in [0.25, 0.3) is 0 Å². The fourth-order valence-corrected chi connectivity index (χ4v) is 3.44. The first-order valence-electron chi connectivity index (χ1n) is 8.93. The molecule has 26 heavy (non-hydrogen) atoms. The second-order valence-electron chi connectivity index (χ2n) is 6.63. The first kappa shape index (κ1) is 28.1. The van der Waals surface area contributed by atoms with Crippen LogP contribution in [0.15, 0.2) is 28.2 Å². The van der Waals surface area contributed by atoms with Crippen LogP contribution in [0.2, 0.25) is 0 Å². The van der Waals surface area contributed by atoms with E-state index in [1.54, 1.807) is 0 Å². The summed E-state index contributed by atoms with van der Waals surface area (Å²) in [5, 5.41) is 0. The van der Waals surface area contributed by atoms with E-state index in [0.29, 0.717) is 12.1 Å². The zero-order valence-electron chi connectivity index (χ0n) is 14.9. The molecule has 2 saturated carbocycles. The van der Waals surface area contributed by atoms with Gasteiger partial charge in [0.15, 0.2) is 0 Å². The topological polar surface area (TPSA) is 37.6 Å². The first-order chi connectivity index (χ1) is 10.9. The third-order valence-corrected chi connectivity index (χ3v) is 4.78. The average Bonchev–Trinajstić information content (AvgIpc) is 2.60. The first-order valence-corrected chi connectivity index (χ1v) is 8.93. The minimum absolute atomic E-state index is 0. The maximum atomic E-state index is 4.71. The third-order valence-electron chi connectivity index (χ3n) is 4.78. The number of halogens is 3. The minimum atomic E-state index is 0. The number of aliphatic imine (C=N–C) groups is 2. The van der Waals surface area contributed by atoms with Crippen LogP contribution in [0.3, 0.4) is 0 Å². The average molecular weight is 460 g/mol. The second kappa shape index (κ2) is 15.9. The van der Waals surface area contributed by atoms with Crippen molar-refractivity contribution in [2.75, 3.05) is 0 Å². The maximum Gasteiger partial charge on any atom is 3.00 e. The number of hydrogen-bond donors (Lipinski definition) is 0. The van der Waals surface area contributed by atoms with Crippen molar-refractivity contribution >= 4 is 12.4 Å². The molecule has 1 heterocycles. The van der Waals surface area contributed by atoms with E-state index in [4.69, 9.17) is 9.98 Å². The molecule has 2 aliphatic carbocycles. The van der Waals surface area contributed by atoms with Crippen LogP contribution < -0.4 is 37.2 Å². The van der Waals surface area contributed by atoms with Crippen LogP contribution in [0.5, 0.6) is 0 Å². The minimum Gasteiger partial charge on any atom is -1.00 e. The number of nitrogens with zero attached hydrogens (tertiary/aromatic N) is 3. The smallest absolute Gasteiger partial charge is 1.00 e. The molecule has 0 atom stereocenters. The summed E-state index contributed by atoms with van der Waals surface area (Å²) in [6.45, 7) is 0. The zero-order valence-corrected chi connectivity index (χ0v) is 18.3. The molecular weight excluding hydrogens is 432 g/mol. The molecule has 2 fully saturated rings. The van der Waals surface area contributed by atoms with Gasteiger partial charge in [-0.15, -0.1) is 0 Å². The quantitative estimate of drug-likeness (QED) is 0.331. The van der Waals surface area contributed by atoms with Gasteiger partial charge in [-0.2, -0.15) is 0 Å². The van der Waals surface area contributed by atoms with Crippen molar-refractivity contribution < 1.29 is 54.3 Å². The van der Waals surface area contributed by atoms with E-state index in [2.05, 4.69) is 11.1 Å². The van der Waals surface area contributed by atoms with Crippen molar-refractivity contribution in [1.29, 1.82) is 0 Å². The summed E-state index contributed by atoms with van der Waals surface area (Å²) in [5.41, 5.74) is 1.91.